The van der Waals surface area contributed by atoms with Gasteiger partial charge < -0.3 is 20.3 Å². The number of morpholine rings is 1. The van der Waals surface area contributed by atoms with Gasteiger partial charge in [0.1, 0.15) is 5.82 Å². The van der Waals surface area contributed by atoms with Crippen LogP contribution in [0.4, 0.5) is 11.5 Å². The van der Waals surface area contributed by atoms with E-state index in [1.165, 1.54) is 0 Å². The highest BCUT2D eigenvalue weighted by molar-refractivity contribution is 5.96. The van der Waals surface area contributed by atoms with E-state index in [1.807, 2.05) is 12.1 Å². The highest BCUT2D eigenvalue weighted by Crippen LogP contribution is 2.22. The molecule has 1 unspecified atom stereocenters. The van der Waals surface area contributed by atoms with Crippen LogP contribution in [0.3, 0.4) is 0 Å². The van der Waals surface area contributed by atoms with Gasteiger partial charge in [0.05, 0.1) is 25.1 Å². The number of nitrogens with two attached hydrogens (primary N) is 1. The minimum atomic E-state index is -0.0635. The summed E-state index contributed by atoms with van der Waals surface area (Å²) in [6.45, 7) is 3.78. The van der Waals surface area contributed by atoms with Gasteiger partial charge in [-0.15, -0.1) is 0 Å². The summed E-state index contributed by atoms with van der Waals surface area (Å²) >= 11 is 0. The van der Waals surface area contributed by atoms with Crippen molar-refractivity contribution in [2.45, 2.75) is 12.5 Å². The van der Waals surface area contributed by atoms with Crippen LogP contribution in [0.1, 0.15) is 6.42 Å². The first-order valence-corrected chi connectivity index (χ1v) is 6.59. The van der Waals surface area contributed by atoms with Crippen molar-refractivity contribution in [1.82, 2.24) is 4.98 Å². The third-order valence-electron chi connectivity index (χ3n) is 3.53. The second-order valence-corrected chi connectivity index (χ2v) is 4.94. The van der Waals surface area contributed by atoms with E-state index in [1.54, 1.807) is 11.1 Å². The molecule has 2 saturated heterocycles. The molecule has 1 atom stereocenters. The largest absolute Gasteiger partial charge is 0.378 e. The minimum Gasteiger partial charge on any atom is -0.378 e. The summed E-state index contributed by atoms with van der Waals surface area (Å²) in [6.07, 6.45) is 2.17. The SMILES string of the molecule is NC1CC(=O)N(c2ccc(N3CCOCC3)nc2)C1. The molecule has 3 heterocycles. The lowest BCUT2D eigenvalue weighted by Gasteiger charge is -2.28. The lowest BCUT2D eigenvalue weighted by molar-refractivity contribution is -0.117. The number of pyridine rings is 1. The highest BCUT2D eigenvalue weighted by atomic mass is 16.5. The maximum Gasteiger partial charge on any atom is 0.228 e. The summed E-state index contributed by atoms with van der Waals surface area (Å²) in [5, 5.41) is 0. The lowest BCUT2D eigenvalue weighted by Crippen LogP contribution is -2.36. The number of hydrogen-bond acceptors (Lipinski definition) is 5. The third kappa shape index (κ3) is 2.54. The number of carbonyl (C=O) groups excluding carboxylic acids is 1. The second kappa shape index (κ2) is 5.14. The van der Waals surface area contributed by atoms with E-state index < -0.39 is 0 Å². The molecule has 3 rings (SSSR count). The number of hydrogen-bond donors (Lipinski definition) is 1. The van der Waals surface area contributed by atoms with Crippen molar-refractivity contribution < 1.29 is 9.53 Å². The number of aromatic nitrogens is 1. The Balaban J connectivity index is 1.73. The molecule has 6 heteroatoms. The molecule has 0 aliphatic carbocycles. The van der Waals surface area contributed by atoms with Gasteiger partial charge in [-0.05, 0) is 12.1 Å². The van der Waals surface area contributed by atoms with Gasteiger partial charge in [0.25, 0.3) is 0 Å². The fourth-order valence-electron chi connectivity index (χ4n) is 2.50. The van der Waals surface area contributed by atoms with Crippen LogP contribution in [0.25, 0.3) is 0 Å². The van der Waals surface area contributed by atoms with Gasteiger partial charge in [-0.3, -0.25) is 4.79 Å². The average Bonchev–Trinajstić information content (AvgIpc) is 2.79. The van der Waals surface area contributed by atoms with Crippen molar-refractivity contribution in [2.24, 2.45) is 5.73 Å². The molecule has 0 saturated carbocycles. The predicted octanol–water partition coefficient (Wildman–Crippen LogP) is -0.0178. The molecular formula is C13H18N4O2. The summed E-state index contributed by atoms with van der Waals surface area (Å²) in [5.74, 6) is 1.01. The Bertz CT molecular complexity index is 456. The number of nitrogens with zero attached hydrogens (tertiary/aromatic N) is 3. The predicted molar refractivity (Wildman–Crippen MR) is 72.2 cm³/mol. The van der Waals surface area contributed by atoms with Gasteiger partial charge in [0.15, 0.2) is 0 Å². The third-order valence-corrected chi connectivity index (χ3v) is 3.53. The molecule has 0 spiro atoms. The first kappa shape index (κ1) is 12.4. The zero-order valence-electron chi connectivity index (χ0n) is 10.8. The van der Waals surface area contributed by atoms with Crippen LogP contribution in [0.2, 0.25) is 0 Å². The second-order valence-electron chi connectivity index (χ2n) is 4.94. The molecule has 2 aliphatic heterocycles. The summed E-state index contributed by atoms with van der Waals surface area (Å²) in [7, 11) is 0. The van der Waals surface area contributed by atoms with Crippen LogP contribution in [0.15, 0.2) is 18.3 Å². The molecule has 1 amide bonds. The number of ether oxygens (including phenoxy) is 1. The number of carbonyl (C=O) groups is 1. The van der Waals surface area contributed by atoms with E-state index in [9.17, 15) is 4.79 Å². The zero-order valence-corrected chi connectivity index (χ0v) is 10.8. The topological polar surface area (TPSA) is 71.7 Å². The molecule has 0 aromatic carbocycles. The van der Waals surface area contributed by atoms with Gasteiger partial charge in [-0.1, -0.05) is 0 Å². The van der Waals surface area contributed by atoms with Gasteiger partial charge in [-0.2, -0.15) is 0 Å². The van der Waals surface area contributed by atoms with Crippen molar-refractivity contribution in [1.29, 1.82) is 0 Å². The van der Waals surface area contributed by atoms with Crippen molar-refractivity contribution >= 4 is 17.4 Å². The van der Waals surface area contributed by atoms with Gasteiger partial charge in [0, 0.05) is 32.1 Å². The molecule has 0 bridgehead atoms. The maximum absolute atomic E-state index is 11.8. The highest BCUT2D eigenvalue weighted by Gasteiger charge is 2.28. The smallest absolute Gasteiger partial charge is 0.228 e. The normalized spacial score (nSPS) is 24.1. The fraction of sp³-hybridized carbons (Fsp3) is 0.538. The lowest BCUT2D eigenvalue weighted by atomic mass is 10.3. The molecule has 2 aliphatic rings. The summed E-state index contributed by atoms with van der Waals surface area (Å²) in [6, 6.07) is 3.83. The Hall–Kier alpha value is -1.66. The molecule has 1 aromatic rings. The Morgan fingerprint density at radius 1 is 1.32 bits per heavy atom. The van der Waals surface area contributed by atoms with E-state index >= 15 is 0 Å². The number of rotatable bonds is 2. The molecule has 19 heavy (non-hydrogen) atoms. The standard InChI is InChI=1S/C13H18N4O2/c14-10-7-13(18)17(9-10)11-1-2-12(15-8-11)16-3-5-19-6-4-16/h1-2,8,10H,3-7,9,14H2. The van der Waals surface area contributed by atoms with E-state index in [2.05, 4.69) is 9.88 Å². The van der Waals surface area contributed by atoms with E-state index in [0.717, 1.165) is 37.8 Å². The van der Waals surface area contributed by atoms with Crippen LogP contribution >= 0.6 is 0 Å². The van der Waals surface area contributed by atoms with E-state index in [-0.39, 0.29) is 11.9 Å². The van der Waals surface area contributed by atoms with Crippen LogP contribution in [0, 0.1) is 0 Å². The van der Waals surface area contributed by atoms with Crippen molar-refractivity contribution in [2.75, 3.05) is 42.6 Å². The van der Waals surface area contributed by atoms with Crippen molar-refractivity contribution in [3.05, 3.63) is 18.3 Å². The average molecular weight is 262 g/mol. The molecule has 0 radical (unpaired) electrons. The molecule has 6 nitrogen and oxygen atoms in total. The quantitative estimate of drug-likeness (QED) is 0.811. The van der Waals surface area contributed by atoms with Crippen LogP contribution < -0.4 is 15.5 Å². The number of anilines is 2. The molecular weight excluding hydrogens is 244 g/mol. The summed E-state index contributed by atoms with van der Waals surface area (Å²) in [4.78, 5) is 20.1. The van der Waals surface area contributed by atoms with Crippen molar-refractivity contribution in [3.8, 4) is 0 Å². The minimum absolute atomic E-state index is 0.0635. The monoisotopic (exact) mass is 262 g/mol. The van der Waals surface area contributed by atoms with Crippen LogP contribution in [-0.4, -0.2) is 49.8 Å². The van der Waals surface area contributed by atoms with Crippen molar-refractivity contribution in [3.63, 3.8) is 0 Å². The Morgan fingerprint density at radius 3 is 2.68 bits per heavy atom. The molecule has 2 N–H and O–H groups in total. The summed E-state index contributed by atoms with van der Waals surface area (Å²) < 4.78 is 5.32. The Morgan fingerprint density at radius 2 is 2.11 bits per heavy atom. The van der Waals surface area contributed by atoms with Gasteiger partial charge in [-0.25, -0.2) is 4.98 Å². The van der Waals surface area contributed by atoms with E-state index in [0.29, 0.717) is 13.0 Å². The Labute approximate surface area is 112 Å². The molecule has 1 aromatic heterocycles. The van der Waals surface area contributed by atoms with Gasteiger partial charge >= 0.3 is 0 Å². The van der Waals surface area contributed by atoms with Crippen LogP contribution in [-0.2, 0) is 9.53 Å². The molecule has 102 valence electrons. The Kier molecular flexibility index (Phi) is 3.35. The first-order valence-electron chi connectivity index (χ1n) is 6.59. The first-order chi connectivity index (χ1) is 9.24. The zero-order chi connectivity index (χ0) is 13.2. The maximum atomic E-state index is 11.8. The number of amides is 1. The van der Waals surface area contributed by atoms with Gasteiger partial charge in [0.2, 0.25) is 5.91 Å². The van der Waals surface area contributed by atoms with Crippen LogP contribution in [0.5, 0.6) is 0 Å². The summed E-state index contributed by atoms with van der Waals surface area (Å²) in [5.41, 5.74) is 6.62. The molecule has 2 fully saturated rings. The fourth-order valence-corrected chi connectivity index (χ4v) is 2.50. The van der Waals surface area contributed by atoms with E-state index in [4.69, 9.17) is 10.5 Å².